The Morgan fingerprint density at radius 1 is 1.19 bits per heavy atom. The van der Waals surface area contributed by atoms with Crippen molar-refractivity contribution >= 4 is 11.6 Å². The number of nitrogens with zero attached hydrogens (tertiary/aromatic N) is 2. The summed E-state index contributed by atoms with van der Waals surface area (Å²) in [5.74, 6) is -1.70. The minimum absolute atomic E-state index is 0.119. The van der Waals surface area contributed by atoms with Gasteiger partial charge in [-0.1, -0.05) is 12.1 Å². The van der Waals surface area contributed by atoms with E-state index in [0.717, 1.165) is 6.07 Å². The zero-order valence-corrected chi connectivity index (χ0v) is 8.88. The molecule has 0 amide bonds. The molecule has 1 heterocycles. The molecule has 0 aliphatic carbocycles. The van der Waals surface area contributed by atoms with Crippen LogP contribution in [0.5, 0.6) is 0 Å². The molecule has 1 aromatic carbocycles. The number of hydrogen-bond donors (Lipinski definition) is 0. The summed E-state index contributed by atoms with van der Waals surface area (Å²) in [6.45, 7) is 0. The predicted octanol–water partition coefficient (Wildman–Crippen LogP) is 3.16. The maximum Gasteiger partial charge on any atom is 0.166 e. The Morgan fingerprint density at radius 3 is 2.75 bits per heavy atom. The average Bonchev–Trinajstić information content (AvgIpc) is 2.33. The van der Waals surface area contributed by atoms with E-state index in [4.69, 9.17) is 11.6 Å². The lowest BCUT2D eigenvalue weighted by Gasteiger charge is -2.06. The van der Waals surface area contributed by atoms with E-state index < -0.39 is 11.6 Å². The smallest absolute Gasteiger partial charge is 0.166 e. The third kappa shape index (κ3) is 1.88. The fourth-order valence-electron chi connectivity index (χ4n) is 1.40. The van der Waals surface area contributed by atoms with Gasteiger partial charge in [0.25, 0.3) is 0 Å². The highest BCUT2D eigenvalue weighted by molar-refractivity contribution is 6.17. The summed E-state index contributed by atoms with van der Waals surface area (Å²) in [5, 5.41) is 0. The first-order valence-electron chi connectivity index (χ1n) is 4.53. The lowest BCUT2D eigenvalue weighted by Crippen LogP contribution is -1.96. The summed E-state index contributed by atoms with van der Waals surface area (Å²) in [6, 6.07) is 3.95. The molecular weight excluding hydrogens is 234 g/mol. The van der Waals surface area contributed by atoms with Crippen molar-refractivity contribution in [3.8, 4) is 11.1 Å². The molecular formula is C11H7ClF2N2. The minimum atomic E-state index is -0.913. The largest absolute Gasteiger partial charge is 0.244 e. The van der Waals surface area contributed by atoms with Crippen LogP contribution < -0.4 is 0 Å². The molecule has 0 spiro atoms. The zero-order chi connectivity index (χ0) is 11.5. The Bertz CT molecular complexity index is 517. The molecule has 0 atom stereocenters. The van der Waals surface area contributed by atoms with Crippen LogP contribution in [0.25, 0.3) is 11.1 Å². The highest BCUT2D eigenvalue weighted by Gasteiger charge is 2.13. The van der Waals surface area contributed by atoms with Crippen LogP contribution in [0.15, 0.2) is 30.7 Å². The van der Waals surface area contributed by atoms with Crippen molar-refractivity contribution in [3.05, 3.63) is 48.1 Å². The van der Waals surface area contributed by atoms with E-state index >= 15 is 0 Å². The van der Waals surface area contributed by atoms with Crippen molar-refractivity contribution in [2.45, 2.75) is 5.88 Å². The monoisotopic (exact) mass is 240 g/mol. The Morgan fingerprint density at radius 2 is 2.00 bits per heavy atom. The van der Waals surface area contributed by atoms with Gasteiger partial charge in [-0.15, -0.1) is 11.6 Å². The standard InChI is InChI=1S/C11H7ClF2N2/c12-4-10-8(5-15-6-16-10)7-2-1-3-9(13)11(7)14/h1-3,5-6H,4H2. The molecule has 82 valence electrons. The van der Waals surface area contributed by atoms with Gasteiger partial charge in [0, 0.05) is 17.3 Å². The topological polar surface area (TPSA) is 25.8 Å². The molecule has 0 fully saturated rings. The number of benzene rings is 1. The van der Waals surface area contributed by atoms with Crippen LogP contribution in [0.1, 0.15) is 5.69 Å². The predicted molar refractivity (Wildman–Crippen MR) is 56.9 cm³/mol. The number of aromatic nitrogens is 2. The summed E-state index contributed by atoms with van der Waals surface area (Å²) in [6.07, 6.45) is 2.74. The highest BCUT2D eigenvalue weighted by Crippen LogP contribution is 2.26. The quantitative estimate of drug-likeness (QED) is 0.754. The molecule has 2 nitrogen and oxygen atoms in total. The molecule has 0 unspecified atom stereocenters. The second-order valence-electron chi connectivity index (χ2n) is 3.12. The van der Waals surface area contributed by atoms with Gasteiger partial charge >= 0.3 is 0 Å². The molecule has 0 bridgehead atoms. The van der Waals surface area contributed by atoms with Crippen molar-refractivity contribution in [1.82, 2.24) is 9.97 Å². The molecule has 5 heteroatoms. The molecule has 16 heavy (non-hydrogen) atoms. The third-order valence-electron chi connectivity index (χ3n) is 2.16. The maximum atomic E-state index is 13.5. The lowest BCUT2D eigenvalue weighted by molar-refractivity contribution is 0.511. The van der Waals surface area contributed by atoms with Gasteiger partial charge in [0.15, 0.2) is 11.6 Å². The Hall–Kier alpha value is -1.55. The first-order chi connectivity index (χ1) is 7.74. The maximum absolute atomic E-state index is 13.5. The van der Waals surface area contributed by atoms with Crippen molar-refractivity contribution in [2.75, 3.05) is 0 Å². The number of alkyl halides is 1. The zero-order valence-electron chi connectivity index (χ0n) is 8.12. The van der Waals surface area contributed by atoms with E-state index in [1.807, 2.05) is 0 Å². The number of hydrogen-bond acceptors (Lipinski definition) is 2. The first-order valence-corrected chi connectivity index (χ1v) is 5.06. The number of halogens is 3. The third-order valence-corrected chi connectivity index (χ3v) is 2.42. The van der Waals surface area contributed by atoms with Gasteiger partial charge in [-0.2, -0.15) is 0 Å². The van der Waals surface area contributed by atoms with Crippen molar-refractivity contribution < 1.29 is 8.78 Å². The Kier molecular flexibility index (Phi) is 3.10. The summed E-state index contributed by atoms with van der Waals surface area (Å²) in [4.78, 5) is 7.69. The Balaban J connectivity index is 2.63. The van der Waals surface area contributed by atoms with Crippen molar-refractivity contribution in [1.29, 1.82) is 0 Å². The molecule has 2 aromatic rings. The summed E-state index contributed by atoms with van der Waals surface area (Å²) in [5.41, 5.74) is 1.01. The van der Waals surface area contributed by atoms with E-state index in [1.165, 1.54) is 24.7 Å². The van der Waals surface area contributed by atoms with E-state index in [2.05, 4.69) is 9.97 Å². The van der Waals surface area contributed by atoms with Gasteiger partial charge in [-0.25, -0.2) is 18.7 Å². The van der Waals surface area contributed by atoms with E-state index in [-0.39, 0.29) is 11.4 Å². The van der Waals surface area contributed by atoms with E-state index in [0.29, 0.717) is 11.3 Å². The second kappa shape index (κ2) is 4.53. The molecule has 0 saturated heterocycles. The fourth-order valence-corrected chi connectivity index (χ4v) is 1.61. The van der Waals surface area contributed by atoms with Crippen LogP contribution in [0.3, 0.4) is 0 Å². The molecule has 0 N–H and O–H groups in total. The van der Waals surface area contributed by atoms with Gasteiger partial charge in [-0.3, -0.25) is 0 Å². The first kappa shape index (κ1) is 11.0. The van der Waals surface area contributed by atoms with Crippen LogP contribution in [-0.4, -0.2) is 9.97 Å². The van der Waals surface area contributed by atoms with Gasteiger partial charge < -0.3 is 0 Å². The minimum Gasteiger partial charge on any atom is -0.244 e. The van der Waals surface area contributed by atoms with E-state index in [9.17, 15) is 8.78 Å². The van der Waals surface area contributed by atoms with Crippen LogP contribution in [0.4, 0.5) is 8.78 Å². The molecule has 0 radical (unpaired) electrons. The molecule has 0 aliphatic heterocycles. The average molecular weight is 241 g/mol. The second-order valence-corrected chi connectivity index (χ2v) is 3.39. The number of rotatable bonds is 2. The van der Waals surface area contributed by atoms with Gasteiger partial charge in [0.1, 0.15) is 6.33 Å². The van der Waals surface area contributed by atoms with Gasteiger partial charge in [-0.05, 0) is 6.07 Å². The van der Waals surface area contributed by atoms with Crippen LogP contribution in [-0.2, 0) is 5.88 Å². The highest BCUT2D eigenvalue weighted by atomic mass is 35.5. The molecule has 2 rings (SSSR count). The lowest BCUT2D eigenvalue weighted by atomic mass is 10.1. The van der Waals surface area contributed by atoms with Crippen LogP contribution in [0.2, 0.25) is 0 Å². The molecule has 1 aromatic heterocycles. The summed E-state index contributed by atoms with van der Waals surface area (Å²) in [7, 11) is 0. The van der Waals surface area contributed by atoms with Gasteiger partial charge in [0.2, 0.25) is 0 Å². The molecule has 0 saturated carbocycles. The van der Waals surface area contributed by atoms with Crippen LogP contribution >= 0.6 is 11.6 Å². The normalized spacial score (nSPS) is 10.4. The van der Waals surface area contributed by atoms with Crippen LogP contribution in [0, 0.1) is 11.6 Å². The van der Waals surface area contributed by atoms with Crippen molar-refractivity contribution in [3.63, 3.8) is 0 Å². The van der Waals surface area contributed by atoms with Gasteiger partial charge in [0.05, 0.1) is 11.6 Å². The fraction of sp³-hybridized carbons (Fsp3) is 0.0909. The summed E-state index contributed by atoms with van der Waals surface area (Å²) < 4.78 is 26.6. The van der Waals surface area contributed by atoms with Crippen molar-refractivity contribution in [2.24, 2.45) is 0 Å². The van der Waals surface area contributed by atoms with E-state index in [1.54, 1.807) is 0 Å². The SMILES string of the molecule is Fc1cccc(-c2cncnc2CCl)c1F. The Labute approximate surface area is 95.9 Å². The molecule has 0 aliphatic rings. The summed E-state index contributed by atoms with van der Waals surface area (Å²) >= 11 is 5.67.